The molecule has 1 aromatic heterocycles. The average molecular weight is 456 g/mol. The minimum absolute atomic E-state index is 0. The summed E-state index contributed by atoms with van der Waals surface area (Å²) in [6.07, 6.45) is 0. The van der Waals surface area contributed by atoms with Crippen LogP contribution in [-0.4, -0.2) is 39.4 Å². The smallest absolute Gasteiger partial charge is 0.191 e. The maximum Gasteiger partial charge on any atom is 0.191 e. The molecule has 0 aliphatic carbocycles. The molecule has 8 heteroatoms. The zero-order valence-corrected chi connectivity index (χ0v) is 18.0. The fourth-order valence-corrected chi connectivity index (χ4v) is 2.54. The maximum absolute atomic E-state index is 12.0. The molecule has 0 aliphatic rings. The van der Waals surface area contributed by atoms with Gasteiger partial charge in [-0.05, 0) is 26.7 Å². The number of hydrogen-bond donors (Lipinski definition) is 2. The zero-order valence-electron chi connectivity index (χ0n) is 14.8. The van der Waals surface area contributed by atoms with Crippen LogP contribution in [0.2, 0.25) is 0 Å². The Kier molecular flexibility index (Phi) is 9.99. The maximum atomic E-state index is 12.0. The van der Waals surface area contributed by atoms with Crippen molar-refractivity contribution in [2.45, 2.75) is 51.8 Å². The van der Waals surface area contributed by atoms with Crippen molar-refractivity contribution in [2.75, 3.05) is 19.3 Å². The minimum Gasteiger partial charge on any atom is -0.359 e. The van der Waals surface area contributed by atoms with Crippen LogP contribution in [0.15, 0.2) is 15.6 Å². The molecule has 0 aliphatic heterocycles. The molecule has 0 radical (unpaired) electrons. The Morgan fingerprint density at radius 1 is 1.39 bits per heavy atom. The van der Waals surface area contributed by atoms with Crippen molar-refractivity contribution in [1.82, 2.24) is 15.8 Å². The molecule has 0 spiro atoms. The first-order valence-electron chi connectivity index (χ1n) is 7.52. The van der Waals surface area contributed by atoms with Gasteiger partial charge in [0.05, 0.1) is 12.2 Å². The summed E-state index contributed by atoms with van der Waals surface area (Å²) in [7, 11) is 0.833. The molecule has 0 bridgehead atoms. The summed E-state index contributed by atoms with van der Waals surface area (Å²) in [5.41, 5.74) is 0.945. The Morgan fingerprint density at radius 2 is 2.04 bits per heavy atom. The van der Waals surface area contributed by atoms with E-state index in [0.29, 0.717) is 30.7 Å². The van der Waals surface area contributed by atoms with E-state index < -0.39 is 10.8 Å². The highest BCUT2D eigenvalue weighted by Gasteiger charge is 2.18. The Morgan fingerprint density at radius 3 is 2.52 bits per heavy atom. The third-order valence-corrected chi connectivity index (χ3v) is 5.03. The number of aliphatic imine (C=N–C) groups is 1. The standard InChI is InChI=1S/C15H28N4O2S.HI/c1-11(2)13-9-12(21-19-13)10-18-14(16-6)17-7-8-22(20)15(3,4)5;/h9,11H,7-8,10H2,1-6H3,(H2,16,17,18);1H. The molecule has 2 N–H and O–H groups in total. The molecular formula is C15H29IN4O2S. The SMILES string of the molecule is CN=C(NCCS(=O)C(C)(C)C)NCc1cc(C(C)C)no1.I. The van der Waals surface area contributed by atoms with Crippen molar-refractivity contribution < 1.29 is 8.73 Å². The quantitative estimate of drug-likeness (QED) is 0.391. The summed E-state index contributed by atoms with van der Waals surface area (Å²) in [6.45, 7) is 11.2. The third kappa shape index (κ3) is 8.14. The van der Waals surface area contributed by atoms with Gasteiger partial charge in [0.25, 0.3) is 0 Å². The Labute approximate surface area is 158 Å². The van der Waals surface area contributed by atoms with E-state index in [1.54, 1.807) is 7.05 Å². The lowest BCUT2D eigenvalue weighted by molar-refractivity contribution is 0.372. The van der Waals surface area contributed by atoms with Crippen molar-refractivity contribution in [3.63, 3.8) is 0 Å². The lowest BCUT2D eigenvalue weighted by Crippen LogP contribution is -2.40. The van der Waals surface area contributed by atoms with E-state index in [4.69, 9.17) is 4.52 Å². The third-order valence-electron chi connectivity index (χ3n) is 3.09. The van der Waals surface area contributed by atoms with E-state index in [-0.39, 0.29) is 28.7 Å². The van der Waals surface area contributed by atoms with Gasteiger partial charge < -0.3 is 15.2 Å². The van der Waals surface area contributed by atoms with Crippen LogP contribution >= 0.6 is 24.0 Å². The minimum atomic E-state index is -0.871. The van der Waals surface area contributed by atoms with E-state index in [1.165, 1.54) is 0 Å². The molecular weight excluding hydrogens is 427 g/mol. The van der Waals surface area contributed by atoms with Crippen molar-refractivity contribution in [3.05, 3.63) is 17.5 Å². The van der Waals surface area contributed by atoms with E-state index in [9.17, 15) is 4.21 Å². The van der Waals surface area contributed by atoms with Crippen LogP contribution in [0.25, 0.3) is 0 Å². The van der Waals surface area contributed by atoms with Crippen LogP contribution in [-0.2, 0) is 17.3 Å². The molecule has 1 unspecified atom stereocenters. The highest BCUT2D eigenvalue weighted by atomic mass is 127. The van der Waals surface area contributed by atoms with Gasteiger partial charge in [-0.15, -0.1) is 24.0 Å². The number of guanidine groups is 1. The number of halogens is 1. The summed E-state index contributed by atoms with van der Waals surface area (Å²) in [4.78, 5) is 4.14. The van der Waals surface area contributed by atoms with Gasteiger partial charge in [0.2, 0.25) is 0 Å². The van der Waals surface area contributed by atoms with Gasteiger partial charge in [-0.1, -0.05) is 19.0 Å². The monoisotopic (exact) mass is 456 g/mol. The fourth-order valence-electron chi connectivity index (χ4n) is 1.64. The molecule has 1 heterocycles. The summed E-state index contributed by atoms with van der Waals surface area (Å²) in [5.74, 6) is 2.37. The molecule has 1 atom stereocenters. The van der Waals surface area contributed by atoms with Gasteiger partial charge in [-0.2, -0.15) is 0 Å². The van der Waals surface area contributed by atoms with Crippen molar-refractivity contribution >= 4 is 40.7 Å². The molecule has 0 aromatic carbocycles. The predicted molar refractivity (Wildman–Crippen MR) is 107 cm³/mol. The Bertz CT molecular complexity index is 524. The molecule has 0 amide bonds. The molecule has 6 nitrogen and oxygen atoms in total. The number of nitrogens with one attached hydrogen (secondary N) is 2. The molecule has 134 valence electrons. The first-order chi connectivity index (χ1) is 10.2. The summed E-state index contributed by atoms with van der Waals surface area (Å²) >= 11 is 0. The lowest BCUT2D eigenvalue weighted by atomic mass is 10.1. The van der Waals surface area contributed by atoms with Crippen LogP contribution in [0.4, 0.5) is 0 Å². The van der Waals surface area contributed by atoms with Gasteiger partial charge in [0, 0.05) is 41.0 Å². The van der Waals surface area contributed by atoms with Crippen molar-refractivity contribution in [3.8, 4) is 0 Å². The van der Waals surface area contributed by atoms with E-state index in [1.807, 2.05) is 26.8 Å². The fraction of sp³-hybridized carbons (Fsp3) is 0.733. The summed E-state index contributed by atoms with van der Waals surface area (Å²) in [5, 5.41) is 10.3. The summed E-state index contributed by atoms with van der Waals surface area (Å²) in [6, 6.07) is 1.94. The van der Waals surface area contributed by atoms with Crippen LogP contribution in [0.3, 0.4) is 0 Å². The van der Waals surface area contributed by atoms with Gasteiger partial charge in [0.1, 0.15) is 0 Å². The first-order valence-corrected chi connectivity index (χ1v) is 8.84. The van der Waals surface area contributed by atoms with Gasteiger partial charge in [-0.25, -0.2) is 0 Å². The zero-order chi connectivity index (χ0) is 16.8. The Balaban J connectivity index is 0.00000484. The van der Waals surface area contributed by atoms with Crippen LogP contribution in [0.1, 0.15) is 52.0 Å². The predicted octanol–water partition coefficient (Wildman–Crippen LogP) is 2.63. The lowest BCUT2D eigenvalue weighted by Gasteiger charge is -2.18. The molecule has 1 rings (SSSR count). The number of hydrogen-bond acceptors (Lipinski definition) is 4. The largest absolute Gasteiger partial charge is 0.359 e. The van der Waals surface area contributed by atoms with Crippen molar-refractivity contribution in [1.29, 1.82) is 0 Å². The van der Waals surface area contributed by atoms with E-state index in [0.717, 1.165) is 11.5 Å². The Hall–Kier alpha value is -0.640. The molecule has 0 fully saturated rings. The molecule has 0 saturated carbocycles. The number of nitrogens with zero attached hydrogens (tertiary/aromatic N) is 2. The topological polar surface area (TPSA) is 79.5 Å². The van der Waals surface area contributed by atoms with E-state index in [2.05, 4.69) is 34.6 Å². The number of aromatic nitrogens is 1. The second-order valence-corrected chi connectivity index (χ2v) is 8.71. The highest BCUT2D eigenvalue weighted by molar-refractivity contribution is 14.0. The number of rotatable bonds is 6. The van der Waals surface area contributed by atoms with Crippen LogP contribution < -0.4 is 10.6 Å². The van der Waals surface area contributed by atoms with Crippen LogP contribution in [0, 0.1) is 0 Å². The van der Waals surface area contributed by atoms with Gasteiger partial charge in [0.15, 0.2) is 11.7 Å². The molecule has 23 heavy (non-hydrogen) atoms. The normalized spacial score (nSPS) is 13.6. The first kappa shape index (κ1) is 22.4. The average Bonchev–Trinajstić information content (AvgIpc) is 2.90. The highest BCUT2D eigenvalue weighted by Crippen LogP contribution is 2.13. The molecule has 0 saturated heterocycles. The van der Waals surface area contributed by atoms with Crippen molar-refractivity contribution in [2.24, 2.45) is 4.99 Å². The molecule has 1 aromatic rings. The summed E-state index contributed by atoms with van der Waals surface area (Å²) < 4.78 is 17.0. The van der Waals surface area contributed by atoms with Gasteiger partial charge in [-0.3, -0.25) is 9.20 Å². The van der Waals surface area contributed by atoms with Gasteiger partial charge >= 0.3 is 0 Å². The second kappa shape index (κ2) is 10.3. The van der Waals surface area contributed by atoms with Crippen LogP contribution in [0.5, 0.6) is 0 Å². The van der Waals surface area contributed by atoms with E-state index >= 15 is 0 Å². The second-order valence-electron chi connectivity index (χ2n) is 6.39.